The second kappa shape index (κ2) is 8.47. The van der Waals surface area contributed by atoms with E-state index in [4.69, 9.17) is 0 Å². The lowest BCUT2D eigenvalue weighted by Crippen LogP contribution is -2.56. The molecule has 1 aromatic carbocycles. The van der Waals surface area contributed by atoms with E-state index in [0.717, 1.165) is 76.0 Å². The predicted molar refractivity (Wildman–Crippen MR) is 116 cm³/mol. The highest BCUT2D eigenvalue weighted by Crippen LogP contribution is 2.42. The summed E-state index contributed by atoms with van der Waals surface area (Å²) >= 11 is 0. The van der Waals surface area contributed by atoms with Crippen molar-refractivity contribution in [2.24, 2.45) is 5.92 Å². The molecule has 4 rings (SSSR count). The summed E-state index contributed by atoms with van der Waals surface area (Å²) in [6, 6.07) is 8.66. The van der Waals surface area contributed by atoms with Gasteiger partial charge in [-0.1, -0.05) is 31.4 Å². The second-order valence-corrected chi connectivity index (χ2v) is 9.41. The van der Waals surface area contributed by atoms with Gasteiger partial charge in [0.15, 0.2) is 0 Å². The van der Waals surface area contributed by atoms with Crippen LogP contribution in [0.15, 0.2) is 24.3 Å². The number of carbonyl (C=O) groups is 2. The number of nitrogens with zero attached hydrogens (tertiary/aromatic N) is 2. The van der Waals surface area contributed by atoms with Gasteiger partial charge in [-0.05, 0) is 57.2 Å². The first kappa shape index (κ1) is 20.4. The normalized spacial score (nSPS) is 22.5. The van der Waals surface area contributed by atoms with Crippen molar-refractivity contribution in [2.45, 2.75) is 70.3 Å². The summed E-state index contributed by atoms with van der Waals surface area (Å²) in [6.45, 7) is 8.03. The summed E-state index contributed by atoms with van der Waals surface area (Å²) in [6.07, 6.45) is 7.31. The Kier molecular flexibility index (Phi) is 5.95. The SMILES string of the molecule is CC(C)N1CCN(C(=O)C2(c3ccc(NC(=O)C4CC4)cc3)CCCCC2)CC1. The molecular weight excluding hydrogens is 362 g/mol. The predicted octanol–water partition coefficient (Wildman–Crippen LogP) is 3.79. The number of hydrogen-bond acceptors (Lipinski definition) is 3. The lowest BCUT2D eigenvalue weighted by molar-refractivity contribution is -0.141. The summed E-state index contributed by atoms with van der Waals surface area (Å²) < 4.78 is 0. The van der Waals surface area contributed by atoms with Crippen molar-refractivity contribution in [2.75, 3.05) is 31.5 Å². The minimum Gasteiger partial charge on any atom is -0.339 e. The lowest BCUT2D eigenvalue weighted by atomic mass is 9.68. The number of amides is 2. The molecule has 3 fully saturated rings. The van der Waals surface area contributed by atoms with Crippen LogP contribution < -0.4 is 5.32 Å². The van der Waals surface area contributed by atoms with Crippen molar-refractivity contribution in [3.05, 3.63) is 29.8 Å². The van der Waals surface area contributed by atoms with E-state index in [0.29, 0.717) is 11.9 Å². The van der Waals surface area contributed by atoms with Crippen molar-refractivity contribution < 1.29 is 9.59 Å². The monoisotopic (exact) mass is 397 g/mol. The van der Waals surface area contributed by atoms with Gasteiger partial charge in [0.2, 0.25) is 11.8 Å². The molecule has 3 aliphatic rings. The van der Waals surface area contributed by atoms with Crippen molar-refractivity contribution >= 4 is 17.5 Å². The van der Waals surface area contributed by atoms with Crippen molar-refractivity contribution in [1.82, 2.24) is 9.80 Å². The third-order valence-corrected chi connectivity index (χ3v) is 7.10. The molecule has 1 saturated heterocycles. The van der Waals surface area contributed by atoms with Gasteiger partial charge >= 0.3 is 0 Å². The van der Waals surface area contributed by atoms with Crippen LogP contribution >= 0.6 is 0 Å². The van der Waals surface area contributed by atoms with E-state index in [1.165, 1.54) is 6.42 Å². The van der Waals surface area contributed by atoms with Gasteiger partial charge < -0.3 is 10.2 Å². The molecule has 158 valence electrons. The Labute approximate surface area is 174 Å². The Bertz CT molecular complexity index is 725. The molecule has 2 saturated carbocycles. The summed E-state index contributed by atoms with van der Waals surface area (Å²) in [7, 11) is 0. The minimum atomic E-state index is -0.392. The van der Waals surface area contributed by atoms with Crippen molar-refractivity contribution in [3.63, 3.8) is 0 Å². The van der Waals surface area contributed by atoms with Crippen LogP contribution in [0, 0.1) is 5.92 Å². The maximum Gasteiger partial charge on any atom is 0.233 e. The van der Waals surface area contributed by atoms with E-state index in [9.17, 15) is 9.59 Å². The maximum absolute atomic E-state index is 13.8. The number of carbonyl (C=O) groups excluding carboxylic acids is 2. The molecule has 5 nitrogen and oxygen atoms in total. The van der Waals surface area contributed by atoms with Crippen molar-refractivity contribution in [1.29, 1.82) is 0 Å². The highest BCUT2D eigenvalue weighted by atomic mass is 16.2. The first-order chi connectivity index (χ1) is 14.0. The fraction of sp³-hybridized carbons (Fsp3) is 0.667. The molecule has 0 aromatic heterocycles. The zero-order valence-corrected chi connectivity index (χ0v) is 18.0. The third-order valence-electron chi connectivity index (χ3n) is 7.10. The van der Waals surface area contributed by atoms with Crippen LogP contribution in [0.2, 0.25) is 0 Å². The molecule has 29 heavy (non-hydrogen) atoms. The fourth-order valence-electron chi connectivity index (χ4n) is 4.99. The van der Waals surface area contributed by atoms with Gasteiger partial charge in [0.25, 0.3) is 0 Å². The van der Waals surface area contributed by atoms with Crippen LogP contribution in [0.25, 0.3) is 0 Å². The molecule has 2 aliphatic carbocycles. The molecule has 1 heterocycles. The highest BCUT2D eigenvalue weighted by Gasteiger charge is 2.44. The number of rotatable bonds is 5. The zero-order valence-electron chi connectivity index (χ0n) is 18.0. The Hall–Kier alpha value is -1.88. The molecule has 0 unspecified atom stereocenters. The molecule has 1 N–H and O–H groups in total. The van der Waals surface area contributed by atoms with Gasteiger partial charge in [0.1, 0.15) is 0 Å². The number of nitrogens with one attached hydrogen (secondary N) is 1. The molecule has 1 aliphatic heterocycles. The standard InChI is InChI=1S/C24H35N3O2/c1-18(2)26-14-16-27(17-15-26)23(29)24(12-4-3-5-13-24)20-8-10-21(11-9-20)25-22(28)19-6-7-19/h8-11,18-19H,3-7,12-17H2,1-2H3,(H,25,28). The van der Waals surface area contributed by atoms with Gasteiger partial charge in [-0.3, -0.25) is 14.5 Å². The first-order valence-electron chi connectivity index (χ1n) is 11.4. The Morgan fingerprint density at radius 2 is 1.59 bits per heavy atom. The Morgan fingerprint density at radius 1 is 0.966 bits per heavy atom. The summed E-state index contributed by atoms with van der Waals surface area (Å²) in [4.78, 5) is 30.3. The van der Waals surface area contributed by atoms with E-state index in [1.54, 1.807) is 0 Å². The smallest absolute Gasteiger partial charge is 0.233 e. The van der Waals surface area contributed by atoms with E-state index in [2.05, 4.69) is 41.1 Å². The second-order valence-electron chi connectivity index (χ2n) is 9.41. The molecule has 2 amide bonds. The molecule has 0 radical (unpaired) electrons. The third kappa shape index (κ3) is 4.35. The average Bonchev–Trinajstić information content (AvgIpc) is 3.60. The molecule has 1 aromatic rings. The molecule has 5 heteroatoms. The summed E-state index contributed by atoms with van der Waals surface area (Å²) in [5, 5.41) is 3.01. The molecule has 0 spiro atoms. The number of hydrogen-bond donors (Lipinski definition) is 1. The first-order valence-corrected chi connectivity index (χ1v) is 11.4. The van der Waals surface area contributed by atoms with Crippen molar-refractivity contribution in [3.8, 4) is 0 Å². The van der Waals surface area contributed by atoms with E-state index < -0.39 is 5.41 Å². The zero-order chi connectivity index (χ0) is 20.4. The molecule has 0 bridgehead atoms. The largest absolute Gasteiger partial charge is 0.339 e. The van der Waals surface area contributed by atoms with E-state index in [1.807, 2.05) is 12.1 Å². The van der Waals surface area contributed by atoms with Crippen LogP contribution in [-0.4, -0.2) is 53.8 Å². The number of piperazine rings is 1. The molecule has 0 atom stereocenters. The maximum atomic E-state index is 13.8. The van der Waals surface area contributed by atoms with Crippen LogP contribution in [0.3, 0.4) is 0 Å². The van der Waals surface area contributed by atoms with E-state index in [-0.39, 0.29) is 11.8 Å². The lowest BCUT2D eigenvalue weighted by Gasteiger charge is -2.44. The van der Waals surface area contributed by atoms with Crippen LogP contribution in [0.1, 0.15) is 64.4 Å². The summed E-state index contributed by atoms with van der Waals surface area (Å²) in [5.41, 5.74) is 1.57. The average molecular weight is 398 g/mol. The number of benzene rings is 1. The van der Waals surface area contributed by atoms with Gasteiger partial charge in [-0.2, -0.15) is 0 Å². The molecular formula is C24H35N3O2. The Balaban J connectivity index is 1.50. The van der Waals surface area contributed by atoms with Crippen LogP contribution in [0.5, 0.6) is 0 Å². The quantitative estimate of drug-likeness (QED) is 0.822. The highest BCUT2D eigenvalue weighted by molar-refractivity contribution is 5.94. The van der Waals surface area contributed by atoms with E-state index >= 15 is 0 Å². The van der Waals surface area contributed by atoms with Gasteiger partial charge in [-0.25, -0.2) is 0 Å². The van der Waals surface area contributed by atoms with Crippen LogP contribution in [-0.2, 0) is 15.0 Å². The fourth-order valence-corrected chi connectivity index (χ4v) is 4.99. The number of anilines is 1. The van der Waals surface area contributed by atoms with Gasteiger partial charge in [0.05, 0.1) is 5.41 Å². The van der Waals surface area contributed by atoms with Crippen LogP contribution in [0.4, 0.5) is 5.69 Å². The van der Waals surface area contributed by atoms with Gasteiger partial charge in [0, 0.05) is 43.8 Å². The minimum absolute atomic E-state index is 0.129. The topological polar surface area (TPSA) is 52.6 Å². The Morgan fingerprint density at radius 3 is 2.14 bits per heavy atom. The van der Waals surface area contributed by atoms with Gasteiger partial charge in [-0.15, -0.1) is 0 Å². The summed E-state index contributed by atoms with van der Waals surface area (Å²) in [5.74, 6) is 0.644.